The van der Waals surface area contributed by atoms with Crippen molar-refractivity contribution in [2.75, 3.05) is 6.54 Å². The molecule has 30 heavy (non-hydrogen) atoms. The molecule has 2 aromatic rings. The zero-order valence-electron chi connectivity index (χ0n) is 18.2. The molecule has 0 radical (unpaired) electrons. The Hall–Kier alpha value is -2.46. The second-order valence-electron chi connectivity index (χ2n) is 9.24. The number of carbonyl (C=O) groups excluding carboxylic acids is 1. The number of benzene rings is 1. The van der Waals surface area contributed by atoms with Crippen LogP contribution in [0.5, 0.6) is 0 Å². The Bertz CT molecular complexity index is 904. The lowest BCUT2D eigenvalue weighted by Gasteiger charge is -2.43. The summed E-state index contributed by atoms with van der Waals surface area (Å²) in [6, 6.07) is 12.8. The van der Waals surface area contributed by atoms with Gasteiger partial charge in [0, 0.05) is 41.5 Å². The fourth-order valence-electron chi connectivity index (χ4n) is 4.81. The van der Waals surface area contributed by atoms with Gasteiger partial charge in [-0.3, -0.25) is 9.78 Å². The molecule has 2 saturated carbocycles. The monoisotopic (exact) mass is 403 g/mol. The van der Waals surface area contributed by atoms with Crippen LogP contribution >= 0.6 is 0 Å². The zero-order chi connectivity index (χ0) is 21.3. The number of rotatable bonds is 6. The molecule has 1 amide bonds. The van der Waals surface area contributed by atoms with E-state index < -0.39 is 0 Å². The Morgan fingerprint density at radius 2 is 1.67 bits per heavy atom. The third-order valence-electron chi connectivity index (χ3n) is 6.95. The van der Waals surface area contributed by atoms with E-state index in [4.69, 9.17) is 10.7 Å². The van der Waals surface area contributed by atoms with Crippen molar-refractivity contribution in [1.82, 2.24) is 9.88 Å². The van der Waals surface area contributed by atoms with Gasteiger partial charge in [0.1, 0.15) is 0 Å². The molecule has 1 aromatic heterocycles. The van der Waals surface area contributed by atoms with Crippen LogP contribution in [0.2, 0.25) is 0 Å². The van der Waals surface area contributed by atoms with Crippen molar-refractivity contribution in [2.45, 2.75) is 69.9 Å². The highest BCUT2D eigenvalue weighted by Crippen LogP contribution is 2.42. The first-order valence-electron chi connectivity index (χ1n) is 11.2. The Balaban J connectivity index is 1.50. The number of nitrogens with two attached hydrogens (primary N) is 1. The van der Waals surface area contributed by atoms with E-state index in [9.17, 15) is 4.79 Å². The van der Waals surface area contributed by atoms with Gasteiger partial charge in [-0.15, -0.1) is 0 Å². The molecular formula is C26H33N3O. The number of nitrogens with zero attached hydrogens (tertiary/aromatic N) is 2. The first kappa shape index (κ1) is 20.8. The van der Waals surface area contributed by atoms with Crippen molar-refractivity contribution in [3.63, 3.8) is 0 Å². The van der Waals surface area contributed by atoms with E-state index in [1.807, 2.05) is 37.4 Å². The van der Waals surface area contributed by atoms with E-state index in [-0.39, 0.29) is 17.4 Å². The zero-order valence-corrected chi connectivity index (χ0v) is 18.2. The summed E-state index contributed by atoms with van der Waals surface area (Å²) in [5, 5.41) is 0. The minimum Gasteiger partial charge on any atom is -0.333 e. The first-order chi connectivity index (χ1) is 14.4. The molecule has 0 spiro atoms. The average Bonchev–Trinajstić information content (AvgIpc) is 3.60. The van der Waals surface area contributed by atoms with Gasteiger partial charge < -0.3 is 10.6 Å². The van der Waals surface area contributed by atoms with Crippen LogP contribution in [-0.4, -0.2) is 34.4 Å². The van der Waals surface area contributed by atoms with Crippen LogP contribution in [0.3, 0.4) is 0 Å². The Morgan fingerprint density at radius 3 is 2.17 bits per heavy atom. The largest absolute Gasteiger partial charge is 0.333 e. The SMILES string of the molecule is C=C(C)c1ccc(C(=O)N(C2CC2)C2CCC(CN)(c3ccc(C)cn3)CC2)cc1. The Labute approximate surface area is 180 Å². The van der Waals surface area contributed by atoms with E-state index in [1.54, 1.807) is 0 Å². The molecule has 2 aliphatic rings. The highest BCUT2D eigenvalue weighted by atomic mass is 16.2. The molecular weight excluding hydrogens is 370 g/mol. The van der Waals surface area contributed by atoms with Gasteiger partial charge in [-0.25, -0.2) is 0 Å². The minimum atomic E-state index is -0.0639. The van der Waals surface area contributed by atoms with Gasteiger partial charge in [-0.1, -0.05) is 30.4 Å². The standard InChI is InChI=1S/C26H33N3O/c1-18(2)20-5-7-21(8-6-20)25(30)29(22-9-10-22)23-12-14-26(17-27,15-13-23)24-11-4-19(3)16-28-24/h4-8,11,16,22-23H,1,9-10,12-15,17,27H2,2-3H3. The van der Waals surface area contributed by atoms with Gasteiger partial charge in [0.15, 0.2) is 0 Å². The molecule has 2 aliphatic carbocycles. The van der Waals surface area contributed by atoms with E-state index >= 15 is 0 Å². The molecule has 0 aliphatic heterocycles. The number of allylic oxidation sites excluding steroid dienone is 1. The van der Waals surface area contributed by atoms with Gasteiger partial charge in [0.2, 0.25) is 0 Å². The van der Waals surface area contributed by atoms with Crippen molar-refractivity contribution in [2.24, 2.45) is 5.73 Å². The van der Waals surface area contributed by atoms with Crippen molar-refractivity contribution in [3.8, 4) is 0 Å². The van der Waals surface area contributed by atoms with Gasteiger partial charge in [-0.05, 0) is 81.7 Å². The third-order valence-corrected chi connectivity index (χ3v) is 6.95. The van der Waals surface area contributed by atoms with Crippen molar-refractivity contribution in [1.29, 1.82) is 0 Å². The first-order valence-corrected chi connectivity index (χ1v) is 11.2. The van der Waals surface area contributed by atoms with Gasteiger partial charge in [0.05, 0.1) is 0 Å². The number of pyridine rings is 1. The normalized spacial score (nSPS) is 23.8. The fourth-order valence-corrected chi connectivity index (χ4v) is 4.81. The van der Waals surface area contributed by atoms with Gasteiger partial charge in [0.25, 0.3) is 5.91 Å². The Kier molecular flexibility index (Phi) is 5.79. The third kappa shape index (κ3) is 4.06. The molecule has 0 unspecified atom stereocenters. The summed E-state index contributed by atoms with van der Waals surface area (Å²) in [6.45, 7) is 8.64. The van der Waals surface area contributed by atoms with E-state index in [1.165, 1.54) is 5.56 Å². The summed E-state index contributed by atoms with van der Waals surface area (Å²) in [4.78, 5) is 20.3. The molecule has 0 saturated heterocycles. The summed E-state index contributed by atoms with van der Waals surface area (Å²) in [6.07, 6.45) is 8.11. The number of carbonyl (C=O) groups is 1. The summed E-state index contributed by atoms with van der Waals surface area (Å²) >= 11 is 0. The highest BCUT2D eigenvalue weighted by molar-refractivity contribution is 5.95. The Morgan fingerprint density at radius 1 is 1.07 bits per heavy atom. The molecule has 4 heteroatoms. The van der Waals surface area contributed by atoms with Crippen LogP contribution in [-0.2, 0) is 5.41 Å². The number of amides is 1. The molecule has 2 fully saturated rings. The molecule has 2 N–H and O–H groups in total. The lowest BCUT2D eigenvalue weighted by molar-refractivity contribution is 0.0570. The summed E-state index contributed by atoms with van der Waals surface area (Å²) in [5.41, 5.74) is 11.4. The summed E-state index contributed by atoms with van der Waals surface area (Å²) < 4.78 is 0. The maximum Gasteiger partial charge on any atom is 0.254 e. The average molecular weight is 404 g/mol. The highest BCUT2D eigenvalue weighted by Gasteiger charge is 2.43. The molecule has 4 rings (SSSR count). The summed E-state index contributed by atoms with van der Waals surface area (Å²) in [7, 11) is 0. The molecule has 1 heterocycles. The van der Waals surface area contributed by atoms with Crippen LogP contribution in [0.15, 0.2) is 49.2 Å². The predicted octanol–water partition coefficient (Wildman–Crippen LogP) is 4.87. The molecule has 0 bridgehead atoms. The molecule has 158 valence electrons. The second kappa shape index (κ2) is 8.35. The van der Waals surface area contributed by atoms with Crippen LogP contribution in [0, 0.1) is 6.92 Å². The van der Waals surface area contributed by atoms with Crippen molar-refractivity contribution < 1.29 is 4.79 Å². The van der Waals surface area contributed by atoms with Gasteiger partial charge >= 0.3 is 0 Å². The minimum absolute atomic E-state index is 0.0639. The van der Waals surface area contributed by atoms with E-state index in [0.29, 0.717) is 12.6 Å². The maximum absolute atomic E-state index is 13.4. The van der Waals surface area contributed by atoms with Crippen molar-refractivity contribution in [3.05, 3.63) is 71.6 Å². The van der Waals surface area contributed by atoms with Crippen LogP contribution in [0.1, 0.15) is 72.6 Å². The predicted molar refractivity (Wildman–Crippen MR) is 122 cm³/mol. The number of aromatic nitrogens is 1. The van der Waals surface area contributed by atoms with E-state index in [2.05, 4.69) is 30.5 Å². The number of hydrogen-bond donors (Lipinski definition) is 1. The van der Waals surface area contributed by atoms with Crippen LogP contribution in [0.25, 0.3) is 5.57 Å². The smallest absolute Gasteiger partial charge is 0.254 e. The second-order valence-corrected chi connectivity index (χ2v) is 9.24. The van der Waals surface area contributed by atoms with Crippen molar-refractivity contribution >= 4 is 11.5 Å². The molecule has 0 atom stereocenters. The molecule has 4 nitrogen and oxygen atoms in total. The molecule has 1 aromatic carbocycles. The fraction of sp³-hybridized carbons (Fsp3) is 0.462. The van der Waals surface area contributed by atoms with Gasteiger partial charge in [-0.2, -0.15) is 0 Å². The maximum atomic E-state index is 13.4. The summed E-state index contributed by atoms with van der Waals surface area (Å²) in [5.74, 6) is 0.171. The lowest BCUT2D eigenvalue weighted by Crippen LogP contribution is -2.48. The topological polar surface area (TPSA) is 59.2 Å². The quantitative estimate of drug-likeness (QED) is 0.749. The number of aryl methyl sites for hydroxylation is 1. The van der Waals surface area contributed by atoms with Crippen LogP contribution < -0.4 is 5.73 Å². The van der Waals surface area contributed by atoms with E-state index in [0.717, 1.165) is 60.9 Å². The van der Waals surface area contributed by atoms with Crippen LogP contribution in [0.4, 0.5) is 0 Å². The lowest BCUT2D eigenvalue weighted by atomic mass is 9.69. The number of hydrogen-bond acceptors (Lipinski definition) is 3.